The van der Waals surface area contributed by atoms with Crippen LogP contribution in [0.2, 0.25) is 20.9 Å². The van der Waals surface area contributed by atoms with Gasteiger partial charge < -0.3 is 0 Å². The lowest BCUT2D eigenvalue weighted by Crippen LogP contribution is -2.39. The Labute approximate surface area is 118 Å². The summed E-state index contributed by atoms with van der Waals surface area (Å²) in [6.45, 7) is 0. The van der Waals surface area contributed by atoms with Gasteiger partial charge in [-0.3, -0.25) is 4.79 Å². The first-order valence-corrected chi connectivity index (χ1v) is 5.06. The summed E-state index contributed by atoms with van der Waals surface area (Å²) in [6.07, 6.45) is -0.511. The molecular formula is C8H3B8NO. The van der Waals surface area contributed by atoms with Gasteiger partial charge in [-0.05, 0) is 5.92 Å². The fourth-order valence-electron chi connectivity index (χ4n) is 2.30. The summed E-state index contributed by atoms with van der Waals surface area (Å²) in [7, 11) is 45.9. The van der Waals surface area contributed by atoms with E-state index in [1.807, 2.05) is 0 Å². The van der Waals surface area contributed by atoms with Crippen molar-refractivity contribution in [3.8, 4) is 6.07 Å². The van der Waals surface area contributed by atoms with Gasteiger partial charge in [0.25, 0.3) is 0 Å². The molecule has 0 bridgehead atoms. The van der Waals surface area contributed by atoms with Crippen LogP contribution in [0.15, 0.2) is 0 Å². The first-order valence-electron chi connectivity index (χ1n) is 5.06. The van der Waals surface area contributed by atoms with Gasteiger partial charge in [0.15, 0.2) is 0 Å². The maximum atomic E-state index is 11.9. The van der Waals surface area contributed by atoms with Gasteiger partial charge in [-0.15, -0.1) is 20.9 Å². The zero-order valence-electron chi connectivity index (χ0n) is 9.76. The highest BCUT2D eigenvalue weighted by atomic mass is 16.1. The predicted octanol–water partition coefficient (Wildman–Crippen LogP) is -2.09. The fourth-order valence-corrected chi connectivity index (χ4v) is 2.30. The normalized spacial score (nSPS) is 27.3. The summed E-state index contributed by atoms with van der Waals surface area (Å²) >= 11 is 0. The standard InChI is InChI=1S/C8H3B8NO/c9-5(10)4(3(18)1-2-17)6(11,12)8(15,16)7(5,13)14/h4H,1H2. The second-order valence-electron chi connectivity index (χ2n) is 4.84. The average Bonchev–Trinajstić information content (AvgIpc) is 2.21. The lowest BCUT2D eigenvalue weighted by molar-refractivity contribution is -0.122. The zero-order chi connectivity index (χ0) is 14.6. The molecule has 0 N–H and O–H groups in total. The minimum Gasteiger partial charge on any atom is -0.298 e. The van der Waals surface area contributed by atoms with E-state index < -0.39 is 39.0 Å². The molecule has 0 aromatic heterocycles. The van der Waals surface area contributed by atoms with Crippen molar-refractivity contribution in [2.75, 3.05) is 0 Å². The van der Waals surface area contributed by atoms with Crippen LogP contribution >= 0.6 is 0 Å². The molecule has 1 saturated carbocycles. The number of hydrogen-bond donors (Lipinski definition) is 0. The lowest BCUT2D eigenvalue weighted by atomic mass is 9.17. The van der Waals surface area contributed by atoms with Crippen molar-refractivity contribution in [2.45, 2.75) is 27.3 Å². The molecule has 70 valence electrons. The molecule has 0 atom stereocenters. The highest BCUT2D eigenvalue weighted by Gasteiger charge is 2.65. The molecule has 0 heterocycles. The molecule has 0 saturated heterocycles. The number of rotatable bonds is 2. The van der Waals surface area contributed by atoms with Crippen molar-refractivity contribution < 1.29 is 4.79 Å². The van der Waals surface area contributed by atoms with Crippen LogP contribution < -0.4 is 0 Å². The van der Waals surface area contributed by atoms with Crippen molar-refractivity contribution in [3.05, 3.63) is 0 Å². The van der Waals surface area contributed by atoms with Crippen LogP contribution in [0.4, 0.5) is 0 Å². The Morgan fingerprint density at radius 1 is 0.944 bits per heavy atom. The van der Waals surface area contributed by atoms with Crippen LogP contribution in [0.3, 0.4) is 0 Å². The molecule has 1 rings (SSSR count). The summed E-state index contributed by atoms with van der Waals surface area (Å²) in [5.41, 5.74) is 0. The average molecular weight is 216 g/mol. The zero-order valence-corrected chi connectivity index (χ0v) is 9.76. The molecule has 0 amide bonds. The third-order valence-electron chi connectivity index (χ3n) is 3.65. The summed E-state index contributed by atoms with van der Waals surface area (Å²) in [4.78, 5) is 11.9. The molecule has 0 spiro atoms. The first kappa shape index (κ1) is 15.7. The molecule has 0 aromatic rings. The minimum atomic E-state index is -2.10. The Kier molecular flexibility index (Phi) is 3.57. The monoisotopic (exact) mass is 217 g/mol. The van der Waals surface area contributed by atoms with Gasteiger partial charge in [-0.2, -0.15) is 5.26 Å². The summed E-state index contributed by atoms with van der Waals surface area (Å²) in [6, 6.07) is 1.64. The molecule has 0 aromatic carbocycles. The van der Waals surface area contributed by atoms with Crippen molar-refractivity contribution in [1.82, 2.24) is 0 Å². The van der Waals surface area contributed by atoms with Crippen LogP contribution in [-0.2, 0) is 4.79 Å². The molecular weight excluding hydrogens is 213 g/mol. The molecule has 2 nitrogen and oxygen atoms in total. The summed E-state index contributed by atoms with van der Waals surface area (Å²) in [5, 5.41) is 0.247. The Balaban J connectivity index is 3.45. The van der Waals surface area contributed by atoms with Crippen LogP contribution in [0.1, 0.15) is 6.42 Å². The molecule has 10 heteroatoms. The van der Waals surface area contributed by atoms with Crippen LogP contribution in [0.25, 0.3) is 0 Å². The summed E-state index contributed by atoms with van der Waals surface area (Å²) in [5.74, 6) is -2.17. The van der Waals surface area contributed by atoms with Gasteiger partial charge in [-0.1, -0.05) is 0 Å². The second-order valence-corrected chi connectivity index (χ2v) is 4.84. The maximum Gasteiger partial charge on any atom is 0.148 e. The Bertz CT molecular complexity index is 397. The van der Waals surface area contributed by atoms with Crippen LogP contribution in [0, 0.1) is 17.2 Å². The lowest BCUT2D eigenvalue weighted by Gasteiger charge is -2.51. The number of carbonyl (C=O) groups is 1. The van der Waals surface area contributed by atoms with Crippen LogP contribution in [0.5, 0.6) is 0 Å². The predicted molar refractivity (Wildman–Crippen MR) is 75.5 cm³/mol. The fraction of sp³-hybridized carbons (Fsp3) is 0.750. The minimum absolute atomic E-state index is 0.511. The van der Waals surface area contributed by atoms with E-state index in [9.17, 15) is 4.79 Å². The molecule has 1 fully saturated rings. The third kappa shape index (κ3) is 1.62. The van der Waals surface area contributed by atoms with Crippen LogP contribution in [-0.4, -0.2) is 68.6 Å². The largest absolute Gasteiger partial charge is 0.298 e. The van der Waals surface area contributed by atoms with Gasteiger partial charge in [0, 0.05) is 0 Å². The van der Waals surface area contributed by atoms with E-state index in [0.717, 1.165) is 0 Å². The van der Waals surface area contributed by atoms with E-state index in [-0.39, 0.29) is 0 Å². The van der Waals surface area contributed by atoms with Crippen molar-refractivity contribution in [1.29, 1.82) is 5.26 Å². The Hall–Kier alpha value is -0.321. The van der Waals surface area contributed by atoms with E-state index in [1.165, 1.54) is 0 Å². The van der Waals surface area contributed by atoms with Crippen molar-refractivity contribution in [2.24, 2.45) is 5.92 Å². The van der Waals surface area contributed by atoms with Gasteiger partial charge >= 0.3 is 0 Å². The number of nitrogens with zero attached hydrogens (tertiary/aromatic N) is 1. The molecule has 1 aliphatic rings. The molecule has 18 heavy (non-hydrogen) atoms. The highest BCUT2D eigenvalue weighted by Crippen LogP contribution is 2.78. The molecule has 1 aliphatic carbocycles. The summed E-state index contributed by atoms with van der Waals surface area (Å²) < 4.78 is 0. The molecule has 0 aliphatic heterocycles. The van der Waals surface area contributed by atoms with E-state index in [4.69, 9.17) is 68.0 Å². The maximum absolute atomic E-state index is 11.9. The topological polar surface area (TPSA) is 40.9 Å². The van der Waals surface area contributed by atoms with E-state index in [0.29, 0.717) is 0 Å². The van der Waals surface area contributed by atoms with Gasteiger partial charge in [-0.25, -0.2) is 0 Å². The number of Topliss-reactive ketones (excluding diaryl/α,β-unsaturated/α-hetero) is 1. The quantitative estimate of drug-likeness (QED) is 0.496. The van der Waals surface area contributed by atoms with E-state index in [1.54, 1.807) is 6.07 Å². The van der Waals surface area contributed by atoms with Gasteiger partial charge in [0.2, 0.25) is 0 Å². The van der Waals surface area contributed by atoms with Gasteiger partial charge in [0.05, 0.1) is 75.3 Å². The Morgan fingerprint density at radius 3 is 1.56 bits per heavy atom. The molecule has 16 radical (unpaired) electrons. The van der Waals surface area contributed by atoms with Crippen molar-refractivity contribution in [3.63, 3.8) is 0 Å². The van der Waals surface area contributed by atoms with E-state index >= 15 is 0 Å². The highest BCUT2D eigenvalue weighted by molar-refractivity contribution is 6.69. The number of ketones is 1. The van der Waals surface area contributed by atoms with Gasteiger partial charge in [0.1, 0.15) is 5.78 Å². The third-order valence-corrected chi connectivity index (χ3v) is 3.65. The SMILES string of the molecule is [B]C1([B])C(C(=O)CC#N)C([B])([B])C([B])([B])C1([B])[B]. The number of nitriles is 1. The van der Waals surface area contributed by atoms with Crippen molar-refractivity contribution >= 4 is 68.6 Å². The first-order chi connectivity index (χ1) is 7.85. The number of carbonyl (C=O) groups excluding carboxylic acids is 1. The second kappa shape index (κ2) is 4.09. The smallest absolute Gasteiger partial charge is 0.148 e. The molecule has 0 unspecified atom stereocenters. The number of hydrogen-bond acceptors (Lipinski definition) is 2. The Morgan fingerprint density at radius 2 is 1.28 bits per heavy atom. The van der Waals surface area contributed by atoms with E-state index in [2.05, 4.69) is 0 Å².